The lowest BCUT2D eigenvalue weighted by Crippen LogP contribution is -2.40. The number of hydrogen-bond donors (Lipinski definition) is 1. The lowest BCUT2D eigenvalue weighted by atomic mass is 10.2. The van der Waals surface area contributed by atoms with Crippen molar-refractivity contribution in [3.63, 3.8) is 0 Å². The van der Waals surface area contributed by atoms with Gasteiger partial charge < -0.3 is 19.5 Å². The van der Waals surface area contributed by atoms with Gasteiger partial charge in [-0.1, -0.05) is 13.3 Å². The molecule has 184 valence electrons. The van der Waals surface area contributed by atoms with Gasteiger partial charge in [-0.05, 0) is 61.4 Å². The number of unbranched alkanes of at least 4 members (excludes halogenated alkanes) is 1. The molecule has 0 bridgehead atoms. The van der Waals surface area contributed by atoms with Crippen LogP contribution >= 0.6 is 0 Å². The molecule has 0 aromatic heterocycles. The maximum absolute atomic E-state index is 12.8. The summed E-state index contributed by atoms with van der Waals surface area (Å²) < 4.78 is 42.9. The van der Waals surface area contributed by atoms with E-state index in [4.69, 9.17) is 14.2 Å². The number of nitrogens with zero attached hydrogens (tertiary/aromatic N) is 1. The van der Waals surface area contributed by atoms with Gasteiger partial charge in [-0.25, -0.2) is 13.2 Å². The molecule has 0 atom stereocenters. The molecule has 10 heteroatoms. The first-order chi connectivity index (χ1) is 16.3. The highest BCUT2D eigenvalue weighted by atomic mass is 32.2. The number of carbonyl (C=O) groups excluding carboxylic acids is 2. The molecule has 0 spiro atoms. The number of amides is 1. The Kier molecular flexibility index (Phi) is 9.03. The predicted octanol–water partition coefficient (Wildman–Crippen LogP) is 2.99. The first-order valence-electron chi connectivity index (χ1n) is 11.2. The summed E-state index contributed by atoms with van der Waals surface area (Å²) in [5.74, 6) is -0.367. The zero-order valence-electron chi connectivity index (χ0n) is 19.4. The van der Waals surface area contributed by atoms with Gasteiger partial charge in [0.25, 0.3) is 5.91 Å². The summed E-state index contributed by atoms with van der Waals surface area (Å²) in [5.41, 5.74) is 1.53. The largest absolute Gasteiger partial charge is 0.483 e. The second kappa shape index (κ2) is 12.0. The van der Waals surface area contributed by atoms with Crippen LogP contribution in [0.5, 0.6) is 5.75 Å². The Balaban J connectivity index is 1.53. The van der Waals surface area contributed by atoms with E-state index in [1.54, 1.807) is 37.3 Å². The number of aryl methyl sites for hydroxylation is 1. The van der Waals surface area contributed by atoms with Crippen molar-refractivity contribution in [3.05, 3.63) is 53.6 Å². The van der Waals surface area contributed by atoms with Gasteiger partial charge in [-0.2, -0.15) is 4.31 Å². The molecule has 0 aliphatic carbocycles. The lowest BCUT2D eigenvalue weighted by Gasteiger charge is -2.26. The number of anilines is 1. The molecule has 1 heterocycles. The van der Waals surface area contributed by atoms with Crippen molar-refractivity contribution < 1.29 is 32.2 Å². The number of rotatable bonds is 10. The van der Waals surface area contributed by atoms with E-state index in [1.807, 2.05) is 6.92 Å². The van der Waals surface area contributed by atoms with Crippen molar-refractivity contribution in [1.29, 1.82) is 0 Å². The van der Waals surface area contributed by atoms with Crippen LogP contribution in [0.4, 0.5) is 5.69 Å². The Bertz CT molecular complexity index is 1090. The fourth-order valence-corrected chi connectivity index (χ4v) is 4.80. The molecule has 9 nitrogen and oxygen atoms in total. The third-order valence-electron chi connectivity index (χ3n) is 5.25. The van der Waals surface area contributed by atoms with E-state index in [2.05, 4.69) is 5.32 Å². The number of carbonyl (C=O) groups is 2. The highest BCUT2D eigenvalue weighted by Crippen LogP contribution is 2.24. The maximum Gasteiger partial charge on any atom is 0.338 e. The number of ether oxygens (including phenoxy) is 3. The minimum Gasteiger partial charge on any atom is -0.483 e. The quantitative estimate of drug-likeness (QED) is 0.403. The fourth-order valence-electron chi connectivity index (χ4n) is 3.30. The van der Waals surface area contributed by atoms with Crippen LogP contribution in [0.1, 0.15) is 35.7 Å². The molecule has 3 rings (SSSR count). The number of esters is 1. The van der Waals surface area contributed by atoms with Crippen molar-refractivity contribution in [2.75, 3.05) is 44.8 Å². The van der Waals surface area contributed by atoms with Crippen LogP contribution < -0.4 is 10.1 Å². The summed E-state index contributed by atoms with van der Waals surface area (Å²) in [6.07, 6.45) is 1.75. The van der Waals surface area contributed by atoms with E-state index < -0.39 is 16.0 Å². The van der Waals surface area contributed by atoms with Crippen molar-refractivity contribution >= 4 is 27.6 Å². The number of nitrogens with one attached hydrogen (secondary N) is 1. The Morgan fingerprint density at radius 1 is 1.09 bits per heavy atom. The third-order valence-corrected chi connectivity index (χ3v) is 7.14. The van der Waals surface area contributed by atoms with Crippen molar-refractivity contribution in [3.8, 4) is 5.75 Å². The molecule has 0 radical (unpaired) electrons. The molecule has 1 N–H and O–H groups in total. The normalized spacial score (nSPS) is 14.4. The Hall–Kier alpha value is -2.95. The van der Waals surface area contributed by atoms with Crippen LogP contribution in [-0.2, 0) is 24.3 Å². The first kappa shape index (κ1) is 25.7. The maximum atomic E-state index is 12.8. The smallest absolute Gasteiger partial charge is 0.338 e. The van der Waals surface area contributed by atoms with E-state index >= 15 is 0 Å². The Morgan fingerprint density at radius 3 is 2.44 bits per heavy atom. The molecule has 1 saturated heterocycles. The number of sulfonamides is 1. The van der Waals surface area contributed by atoms with Crippen LogP contribution in [0, 0.1) is 6.92 Å². The summed E-state index contributed by atoms with van der Waals surface area (Å²) >= 11 is 0. The van der Waals surface area contributed by atoms with Gasteiger partial charge in [0, 0.05) is 18.8 Å². The summed E-state index contributed by atoms with van der Waals surface area (Å²) in [5, 5.41) is 2.70. The Morgan fingerprint density at radius 2 is 1.79 bits per heavy atom. The summed E-state index contributed by atoms with van der Waals surface area (Å²) in [6.45, 7) is 5.26. The molecule has 0 unspecified atom stereocenters. The molecular formula is C24H30N2O7S. The Labute approximate surface area is 200 Å². The molecule has 1 amide bonds. The van der Waals surface area contributed by atoms with Gasteiger partial charge in [-0.15, -0.1) is 0 Å². The number of hydrogen-bond acceptors (Lipinski definition) is 7. The van der Waals surface area contributed by atoms with Gasteiger partial charge >= 0.3 is 5.97 Å². The zero-order valence-corrected chi connectivity index (χ0v) is 20.2. The van der Waals surface area contributed by atoms with Crippen LogP contribution in [-0.4, -0.2) is 64.1 Å². The van der Waals surface area contributed by atoms with Crippen LogP contribution in [0.2, 0.25) is 0 Å². The molecular weight excluding hydrogens is 460 g/mol. The van der Waals surface area contributed by atoms with E-state index in [0.29, 0.717) is 55.5 Å². The van der Waals surface area contributed by atoms with Crippen molar-refractivity contribution in [2.24, 2.45) is 0 Å². The topological polar surface area (TPSA) is 111 Å². The van der Waals surface area contributed by atoms with Crippen LogP contribution in [0.25, 0.3) is 0 Å². The average molecular weight is 491 g/mol. The molecule has 2 aromatic carbocycles. The highest BCUT2D eigenvalue weighted by Gasteiger charge is 2.26. The number of benzene rings is 2. The SMILES string of the molecule is CCCCOC(=O)c1ccc(NC(=O)COc2ccc(S(=O)(=O)N3CCOCC3)cc2C)cc1. The molecule has 0 saturated carbocycles. The summed E-state index contributed by atoms with van der Waals surface area (Å²) in [6, 6.07) is 11.0. The number of morpholine rings is 1. The monoisotopic (exact) mass is 490 g/mol. The highest BCUT2D eigenvalue weighted by molar-refractivity contribution is 7.89. The van der Waals surface area contributed by atoms with E-state index in [-0.39, 0.29) is 17.4 Å². The van der Waals surface area contributed by atoms with Gasteiger partial charge in [0.15, 0.2) is 6.61 Å². The summed E-state index contributed by atoms with van der Waals surface area (Å²) in [4.78, 5) is 24.4. The van der Waals surface area contributed by atoms with Gasteiger partial charge in [0.1, 0.15) is 5.75 Å². The molecule has 2 aromatic rings. The second-order valence-corrected chi connectivity index (χ2v) is 9.79. The molecule has 1 aliphatic rings. The molecule has 34 heavy (non-hydrogen) atoms. The predicted molar refractivity (Wildman–Crippen MR) is 127 cm³/mol. The van der Waals surface area contributed by atoms with E-state index in [0.717, 1.165) is 12.8 Å². The van der Waals surface area contributed by atoms with Crippen molar-refractivity contribution in [1.82, 2.24) is 4.31 Å². The van der Waals surface area contributed by atoms with Gasteiger partial charge in [0.05, 0.1) is 30.3 Å². The van der Waals surface area contributed by atoms with E-state index in [1.165, 1.54) is 16.4 Å². The van der Waals surface area contributed by atoms with Gasteiger partial charge in [-0.3, -0.25) is 4.79 Å². The standard InChI is InChI=1S/C24H30N2O7S/c1-3-4-13-32-24(28)19-5-7-20(8-6-19)25-23(27)17-33-22-10-9-21(16-18(22)2)34(29,30)26-11-14-31-15-12-26/h5-10,16H,3-4,11-15,17H2,1-2H3,(H,25,27). The third kappa shape index (κ3) is 6.78. The molecule has 1 aliphatic heterocycles. The summed E-state index contributed by atoms with van der Waals surface area (Å²) in [7, 11) is -3.60. The molecule has 1 fully saturated rings. The second-order valence-electron chi connectivity index (χ2n) is 7.85. The lowest BCUT2D eigenvalue weighted by molar-refractivity contribution is -0.118. The van der Waals surface area contributed by atoms with Crippen LogP contribution in [0.3, 0.4) is 0 Å². The van der Waals surface area contributed by atoms with Crippen LogP contribution in [0.15, 0.2) is 47.4 Å². The fraction of sp³-hybridized carbons (Fsp3) is 0.417. The van der Waals surface area contributed by atoms with Gasteiger partial charge in [0.2, 0.25) is 10.0 Å². The zero-order chi connectivity index (χ0) is 24.6. The minimum absolute atomic E-state index is 0.178. The first-order valence-corrected chi connectivity index (χ1v) is 12.6. The van der Waals surface area contributed by atoms with Crippen molar-refractivity contribution in [2.45, 2.75) is 31.6 Å². The average Bonchev–Trinajstić information content (AvgIpc) is 2.84. The minimum atomic E-state index is -3.60. The van der Waals surface area contributed by atoms with E-state index in [9.17, 15) is 18.0 Å².